The smallest absolute Gasteiger partial charge is 0.297 e. The Kier molecular flexibility index (Phi) is 5.80. The summed E-state index contributed by atoms with van der Waals surface area (Å²) in [5, 5.41) is 1.06. The molecule has 6 aromatic rings. The van der Waals surface area contributed by atoms with E-state index >= 15 is 0 Å². The van der Waals surface area contributed by atoms with Crippen LogP contribution in [0.1, 0.15) is 43.0 Å². The Labute approximate surface area is 301 Å². The molecule has 1 aromatic heterocycles. The van der Waals surface area contributed by atoms with E-state index in [1.807, 2.05) is 6.07 Å². The molecule has 5 aromatic carbocycles. The Hall–Kier alpha value is -5.90. The highest BCUT2D eigenvalue weighted by Crippen LogP contribution is 2.53. The zero-order chi connectivity index (χ0) is 35.2. The van der Waals surface area contributed by atoms with E-state index in [1.54, 1.807) is 0 Å². The summed E-state index contributed by atoms with van der Waals surface area (Å²) >= 11 is 0. The summed E-state index contributed by atoms with van der Waals surface area (Å²) in [6.07, 6.45) is 0. The van der Waals surface area contributed by atoms with Crippen LogP contribution in [-0.2, 0) is 5.41 Å². The molecule has 0 bridgehead atoms. The first-order chi connectivity index (χ1) is 25.1. The molecule has 5 aliphatic rings. The van der Waals surface area contributed by atoms with Gasteiger partial charge in [-0.3, -0.25) is 0 Å². The molecule has 258 valence electrons. The molecule has 0 N–H and O–H groups in total. The van der Waals surface area contributed by atoms with Gasteiger partial charge in [-0.2, -0.15) is 0 Å². The van der Waals surface area contributed by atoms with E-state index < -0.39 is 0 Å². The van der Waals surface area contributed by atoms with E-state index in [2.05, 4.69) is 112 Å². The van der Waals surface area contributed by atoms with Gasteiger partial charge in [0.1, 0.15) is 5.58 Å². The molecule has 0 aliphatic carbocycles. The summed E-state index contributed by atoms with van der Waals surface area (Å²) in [5.41, 5.74) is 14.4. The monoisotopic (exact) mass is 690 g/mol. The Morgan fingerprint density at radius 2 is 1.31 bits per heavy atom. The van der Waals surface area contributed by atoms with E-state index in [-0.39, 0.29) is 32.5 Å². The van der Waals surface area contributed by atoms with Crippen LogP contribution in [0.5, 0.6) is 34.5 Å². The fourth-order valence-electron chi connectivity index (χ4n) is 8.71. The van der Waals surface area contributed by atoms with Crippen LogP contribution in [0.2, 0.25) is 0 Å². The number of hydrogen-bond donors (Lipinski definition) is 0. The fraction of sp³-hybridized carbons (Fsp3) is 0.238. The predicted molar refractivity (Wildman–Crippen MR) is 202 cm³/mol. The van der Waals surface area contributed by atoms with Gasteiger partial charge in [0, 0.05) is 40.1 Å². The van der Waals surface area contributed by atoms with Crippen molar-refractivity contribution >= 4 is 68.4 Å². The molecule has 6 heterocycles. The molecule has 0 unspecified atom stereocenters. The minimum Gasteiger partial charge on any atom is -0.468 e. The lowest BCUT2D eigenvalue weighted by atomic mass is 9.35. The highest BCUT2D eigenvalue weighted by Gasteiger charge is 2.48. The Balaban J connectivity index is 1.27. The molecule has 10 heteroatoms. The van der Waals surface area contributed by atoms with Crippen LogP contribution in [0.15, 0.2) is 71.1 Å². The number of rotatable bonds is 2. The minimum absolute atomic E-state index is 0.0649. The number of anilines is 6. The number of nitrogens with zero attached hydrogens (tertiary/aromatic N) is 2. The van der Waals surface area contributed by atoms with Gasteiger partial charge in [-0.05, 0) is 102 Å². The number of hydrogen-bond acceptors (Lipinski definition) is 9. The van der Waals surface area contributed by atoms with Crippen LogP contribution >= 0.6 is 0 Å². The number of aryl methyl sites for hydroxylation is 2. The van der Waals surface area contributed by atoms with Crippen LogP contribution in [-0.4, -0.2) is 27.1 Å². The van der Waals surface area contributed by atoms with Crippen LogP contribution in [0, 0.1) is 20.8 Å². The van der Waals surface area contributed by atoms with Gasteiger partial charge >= 0.3 is 0 Å². The molecule has 0 saturated carbocycles. The molecular formula is C42H35BN2O7. The maximum atomic E-state index is 7.11. The van der Waals surface area contributed by atoms with Gasteiger partial charge in [0.2, 0.25) is 20.4 Å². The van der Waals surface area contributed by atoms with Crippen molar-refractivity contribution in [3.63, 3.8) is 0 Å². The van der Waals surface area contributed by atoms with Gasteiger partial charge in [0.25, 0.3) is 6.71 Å². The largest absolute Gasteiger partial charge is 0.468 e. The second kappa shape index (κ2) is 10.1. The Morgan fingerprint density at radius 1 is 0.615 bits per heavy atom. The van der Waals surface area contributed by atoms with Crippen LogP contribution in [0.4, 0.5) is 34.1 Å². The summed E-state index contributed by atoms with van der Waals surface area (Å²) in [6, 6.07) is 23.7. The summed E-state index contributed by atoms with van der Waals surface area (Å²) in [6.45, 7) is 13.5. The van der Waals surface area contributed by atoms with E-state index in [9.17, 15) is 0 Å². The minimum atomic E-state index is -0.244. The van der Waals surface area contributed by atoms with Crippen molar-refractivity contribution in [1.29, 1.82) is 0 Å². The van der Waals surface area contributed by atoms with Crippen LogP contribution in [0.25, 0.3) is 11.0 Å². The van der Waals surface area contributed by atoms with Gasteiger partial charge in [-0.15, -0.1) is 0 Å². The number of fused-ring (bicyclic) bond motifs is 9. The van der Waals surface area contributed by atoms with Crippen LogP contribution < -0.4 is 54.8 Å². The molecule has 0 saturated heterocycles. The highest BCUT2D eigenvalue weighted by molar-refractivity contribution is 7.00. The lowest BCUT2D eigenvalue weighted by Crippen LogP contribution is -2.61. The lowest BCUT2D eigenvalue weighted by molar-refractivity contribution is 0.173. The molecule has 0 fully saturated rings. The normalized spacial score (nSPS) is 15.7. The third-order valence-electron chi connectivity index (χ3n) is 11.1. The first-order valence-corrected chi connectivity index (χ1v) is 17.7. The van der Waals surface area contributed by atoms with Crippen molar-refractivity contribution in [3.8, 4) is 34.5 Å². The molecule has 0 spiro atoms. The molecule has 0 radical (unpaired) electrons. The van der Waals surface area contributed by atoms with E-state index in [0.717, 1.165) is 101 Å². The Bertz CT molecular complexity index is 2570. The zero-order valence-electron chi connectivity index (χ0n) is 29.8. The molecular weight excluding hydrogens is 655 g/mol. The molecule has 11 rings (SSSR count). The van der Waals surface area contributed by atoms with Crippen LogP contribution in [0.3, 0.4) is 0 Å². The van der Waals surface area contributed by atoms with Crippen molar-refractivity contribution in [2.75, 3.05) is 30.2 Å². The van der Waals surface area contributed by atoms with Crippen molar-refractivity contribution in [1.82, 2.24) is 0 Å². The molecule has 0 atom stereocenters. The first kappa shape index (κ1) is 29.8. The summed E-state index contributed by atoms with van der Waals surface area (Å²) in [4.78, 5) is 4.73. The van der Waals surface area contributed by atoms with E-state index in [0.29, 0.717) is 11.5 Å². The molecule has 0 amide bonds. The maximum Gasteiger partial charge on any atom is 0.297 e. The Morgan fingerprint density at radius 3 is 2.10 bits per heavy atom. The van der Waals surface area contributed by atoms with Crippen molar-refractivity contribution < 1.29 is 32.8 Å². The van der Waals surface area contributed by atoms with Crippen molar-refractivity contribution in [2.24, 2.45) is 0 Å². The SMILES string of the molecule is Cc1cc2c3c(c1)N(c1c(C)cc4c(c1C)OCO4)c1c(oc4ccc(C(C)(C)C)cc14)B3c1cc3c(cc1N2c1ccc2c(c1)OCO2)OCO3. The van der Waals surface area contributed by atoms with Crippen molar-refractivity contribution in [3.05, 3.63) is 89.0 Å². The third kappa shape index (κ3) is 3.95. The van der Waals surface area contributed by atoms with Gasteiger partial charge < -0.3 is 42.6 Å². The topological polar surface area (TPSA) is 75.0 Å². The predicted octanol–water partition coefficient (Wildman–Crippen LogP) is 7.92. The quantitative estimate of drug-likeness (QED) is 0.168. The second-order valence-corrected chi connectivity index (χ2v) is 15.3. The first-order valence-electron chi connectivity index (χ1n) is 17.7. The number of ether oxygens (including phenoxy) is 6. The average molecular weight is 691 g/mol. The van der Waals surface area contributed by atoms with Gasteiger partial charge in [-0.25, -0.2) is 0 Å². The summed E-state index contributed by atoms with van der Waals surface area (Å²) in [5.74, 6) is 4.42. The number of furan rings is 1. The maximum absolute atomic E-state index is 7.11. The van der Waals surface area contributed by atoms with Gasteiger partial charge in [0.15, 0.2) is 34.5 Å². The fourth-order valence-corrected chi connectivity index (χ4v) is 8.71. The van der Waals surface area contributed by atoms with Gasteiger partial charge in [-0.1, -0.05) is 26.8 Å². The standard InChI is InChI=1S/C42H35BN2O7/c1-21-11-29-37-30(12-21)45(38-22(2)13-36-40(23(38)3)51-20-50-36)39-26-14-24(42(4,5)6)7-9-31(26)52-41(39)43(37)27-16-34-35(49-19-48-34)17-28(27)44(29)25-8-10-32-33(15-25)47-18-46-32/h7-17H,18-20H2,1-6H3. The molecule has 9 nitrogen and oxygen atoms in total. The average Bonchev–Trinajstić information content (AvgIpc) is 3.93. The molecule has 5 aliphatic heterocycles. The molecule has 52 heavy (non-hydrogen) atoms. The zero-order valence-corrected chi connectivity index (χ0v) is 29.8. The van der Waals surface area contributed by atoms with E-state index in [1.165, 1.54) is 5.56 Å². The second-order valence-electron chi connectivity index (χ2n) is 15.3. The third-order valence-corrected chi connectivity index (χ3v) is 11.1. The van der Waals surface area contributed by atoms with Crippen molar-refractivity contribution in [2.45, 2.75) is 47.0 Å². The highest BCUT2D eigenvalue weighted by atomic mass is 16.7. The summed E-state index contributed by atoms with van der Waals surface area (Å²) < 4.78 is 42.8. The van der Waals surface area contributed by atoms with Gasteiger partial charge in [0.05, 0.1) is 22.7 Å². The van der Waals surface area contributed by atoms with E-state index in [4.69, 9.17) is 32.8 Å². The number of benzene rings is 5. The summed E-state index contributed by atoms with van der Waals surface area (Å²) in [7, 11) is 0. The lowest BCUT2D eigenvalue weighted by Gasteiger charge is -2.43.